The minimum absolute atomic E-state index is 0.191. The lowest BCUT2D eigenvalue weighted by Gasteiger charge is -2.44. The minimum atomic E-state index is -0.191. The van der Waals surface area contributed by atoms with Crippen molar-refractivity contribution in [2.45, 2.75) is 82.5 Å². The Morgan fingerprint density at radius 3 is 1.90 bits per heavy atom. The molecule has 0 N–H and O–H groups in total. The van der Waals surface area contributed by atoms with E-state index >= 15 is 0 Å². The third-order valence-corrected chi connectivity index (χ3v) is 6.35. The van der Waals surface area contributed by atoms with Gasteiger partial charge in [-0.05, 0) is 56.8 Å². The molecule has 3 aliphatic rings. The molecule has 3 rings (SSSR count). The highest BCUT2D eigenvalue weighted by molar-refractivity contribution is 4.91. The summed E-state index contributed by atoms with van der Waals surface area (Å²) in [5.74, 6) is 1.60. The van der Waals surface area contributed by atoms with Crippen molar-refractivity contribution in [2.24, 2.45) is 11.8 Å². The van der Waals surface area contributed by atoms with Crippen molar-refractivity contribution >= 4 is 0 Å². The molecule has 0 amide bonds. The molecule has 0 aromatic rings. The molecule has 0 aromatic carbocycles. The van der Waals surface area contributed by atoms with Crippen LogP contribution in [0.1, 0.15) is 71.1 Å². The lowest BCUT2D eigenvalue weighted by atomic mass is 9.68. The fraction of sp³-hybridized carbons (Fsp3) is 1.00. The van der Waals surface area contributed by atoms with E-state index in [1.54, 1.807) is 0 Å². The van der Waals surface area contributed by atoms with Crippen LogP contribution in [0.3, 0.4) is 0 Å². The summed E-state index contributed by atoms with van der Waals surface area (Å²) in [6.07, 6.45) is 12.5. The fourth-order valence-electron chi connectivity index (χ4n) is 4.99. The Morgan fingerprint density at radius 1 is 0.905 bits per heavy atom. The maximum Gasteiger partial charge on any atom is 0.168 e. The molecule has 122 valence electrons. The molecule has 1 saturated heterocycles. The standard InChI is InChI=1S/C18H32O3/c1-3-8-17(19-2)9-4-15(5-10-17)16-6-11-18(12-7-16)20-13-14-21-18/h15-16H,3-14H2,1-2H3. The van der Waals surface area contributed by atoms with Crippen LogP contribution in [0.5, 0.6) is 0 Å². The van der Waals surface area contributed by atoms with E-state index in [4.69, 9.17) is 14.2 Å². The Kier molecular flexibility index (Phi) is 4.92. The second-order valence-corrected chi connectivity index (χ2v) is 7.42. The highest BCUT2D eigenvalue weighted by Gasteiger charge is 2.43. The summed E-state index contributed by atoms with van der Waals surface area (Å²) in [6.45, 7) is 3.86. The van der Waals surface area contributed by atoms with Crippen LogP contribution in [0.15, 0.2) is 0 Å². The summed E-state index contributed by atoms with van der Waals surface area (Å²) in [6, 6.07) is 0. The van der Waals surface area contributed by atoms with Gasteiger partial charge in [-0.15, -0.1) is 0 Å². The van der Waals surface area contributed by atoms with Gasteiger partial charge in [0.05, 0.1) is 18.8 Å². The van der Waals surface area contributed by atoms with Gasteiger partial charge in [-0.2, -0.15) is 0 Å². The van der Waals surface area contributed by atoms with Gasteiger partial charge in [-0.3, -0.25) is 0 Å². The molecule has 0 radical (unpaired) electrons. The van der Waals surface area contributed by atoms with Crippen molar-refractivity contribution < 1.29 is 14.2 Å². The van der Waals surface area contributed by atoms with Gasteiger partial charge < -0.3 is 14.2 Å². The van der Waals surface area contributed by atoms with E-state index in [9.17, 15) is 0 Å². The van der Waals surface area contributed by atoms with E-state index in [1.165, 1.54) is 51.4 Å². The second kappa shape index (κ2) is 6.55. The maximum atomic E-state index is 5.89. The topological polar surface area (TPSA) is 27.7 Å². The number of hydrogen-bond donors (Lipinski definition) is 0. The van der Waals surface area contributed by atoms with Crippen LogP contribution in [0.25, 0.3) is 0 Å². The SMILES string of the molecule is CCCC1(OC)CCC(C2CCC3(CC2)OCCO3)CC1. The Morgan fingerprint density at radius 2 is 1.43 bits per heavy atom. The zero-order valence-corrected chi connectivity index (χ0v) is 13.9. The summed E-state index contributed by atoms with van der Waals surface area (Å²) in [7, 11) is 1.91. The average molecular weight is 296 g/mol. The third kappa shape index (κ3) is 3.30. The van der Waals surface area contributed by atoms with E-state index in [2.05, 4.69) is 6.92 Å². The van der Waals surface area contributed by atoms with Gasteiger partial charge in [-0.25, -0.2) is 0 Å². The summed E-state index contributed by atoms with van der Waals surface area (Å²) < 4.78 is 17.6. The van der Waals surface area contributed by atoms with Crippen LogP contribution in [-0.2, 0) is 14.2 Å². The van der Waals surface area contributed by atoms with Gasteiger partial charge in [0.15, 0.2) is 5.79 Å². The molecule has 3 nitrogen and oxygen atoms in total. The quantitative estimate of drug-likeness (QED) is 0.774. The molecule has 21 heavy (non-hydrogen) atoms. The first-order valence-corrected chi connectivity index (χ1v) is 9.04. The van der Waals surface area contributed by atoms with Gasteiger partial charge in [0.1, 0.15) is 0 Å². The molecule has 0 aromatic heterocycles. The monoisotopic (exact) mass is 296 g/mol. The Bertz CT molecular complexity index is 317. The molecule has 2 saturated carbocycles. The average Bonchev–Trinajstić information content (AvgIpc) is 2.98. The van der Waals surface area contributed by atoms with Crippen molar-refractivity contribution in [1.82, 2.24) is 0 Å². The van der Waals surface area contributed by atoms with Crippen LogP contribution >= 0.6 is 0 Å². The normalized spacial score (nSPS) is 37.1. The summed E-state index contributed by atoms with van der Waals surface area (Å²) >= 11 is 0. The van der Waals surface area contributed by atoms with E-state index < -0.39 is 0 Å². The second-order valence-electron chi connectivity index (χ2n) is 7.42. The van der Waals surface area contributed by atoms with Crippen molar-refractivity contribution in [2.75, 3.05) is 20.3 Å². The largest absolute Gasteiger partial charge is 0.378 e. The van der Waals surface area contributed by atoms with Gasteiger partial charge >= 0.3 is 0 Å². The Balaban J connectivity index is 1.49. The van der Waals surface area contributed by atoms with E-state index in [-0.39, 0.29) is 11.4 Å². The van der Waals surface area contributed by atoms with Crippen molar-refractivity contribution in [3.8, 4) is 0 Å². The van der Waals surface area contributed by atoms with Gasteiger partial charge in [0, 0.05) is 20.0 Å². The lowest BCUT2D eigenvalue weighted by molar-refractivity contribution is -0.186. The highest BCUT2D eigenvalue weighted by Crippen LogP contribution is 2.47. The molecular formula is C18H32O3. The molecule has 3 heteroatoms. The van der Waals surface area contributed by atoms with Crippen molar-refractivity contribution in [3.63, 3.8) is 0 Å². The smallest absolute Gasteiger partial charge is 0.168 e. The van der Waals surface area contributed by atoms with Gasteiger partial charge in [0.25, 0.3) is 0 Å². The molecule has 1 heterocycles. The number of rotatable bonds is 4. The van der Waals surface area contributed by atoms with E-state index in [0.29, 0.717) is 0 Å². The molecule has 0 bridgehead atoms. The molecule has 0 unspecified atom stereocenters. The Hall–Kier alpha value is -0.120. The zero-order valence-electron chi connectivity index (χ0n) is 13.9. The van der Waals surface area contributed by atoms with E-state index in [1.807, 2.05) is 7.11 Å². The predicted octanol–water partition coefficient (Wildman–Crippen LogP) is 4.30. The molecule has 0 atom stereocenters. The van der Waals surface area contributed by atoms with Gasteiger partial charge in [-0.1, -0.05) is 13.3 Å². The van der Waals surface area contributed by atoms with Crippen LogP contribution < -0.4 is 0 Å². The zero-order chi connectivity index (χ0) is 14.8. The minimum Gasteiger partial charge on any atom is -0.378 e. The van der Waals surface area contributed by atoms with Crippen LogP contribution in [0.2, 0.25) is 0 Å². The summed E-state index contributed by atoms with van der Waals surface area (Å²) in [5, 5.41) is 0. The first kappa shape index (κ1) is 15.8. The van der Waals surface area contributed by atoms with Gasteiger partial charge in [0.2, 0.25) is 0 Å². The van der Waals surface area contributed by atoms with Crippen LogP contribution in [0.4, 0.5) is 0 Å². The number of hydrogen-bond acceptors (Lipinski definition) is 3. The van der Waals surface area contributed by atoms with Crippen LogP contribution in [-0.4, -0.2) is 31.7 Å². The molecule has 1 aliphatic heterocycles. The van der Waals surface area contributed by atoms with Crippen LogP contribution in [0, 0.1) is 11.8 Å². The highest BCUT2D eigenvalue weighted by atomic mass is 16.7. The molecule has 3 fully saturated rings. The van der Waals surface area contributed by atoms with Crippen molar-refractivity contribution in [3.05, 3.63) is 0 Å². The summed E-state index contributed by atoms with van der Waals surface area (Å²) in [5.41, 5.74) is 0.193. The lowest BCUT2D eigenvalue weighted by Crippen LogP contribution is -2.40. The first-order valence-electron chi connectivity index (χ1n) is 9.04. The van der Waals surface area contributed by atoms with E-state index in [0.717, 1.165) is 37.9 Å². The first-order chi connectivity index (χ1) is 10.2. The summed E-state index contributed by atoms with van der Waals surface area (Å²) in [4.78, 5) is 0. The maximum absolute atomic E-state index is 5.89. The third-order valence-electron chi connectivity index (χ3n) is 6.35. The fourth-order valence-corrected chi connectivity index (χ4v) is 4.99. The molecular weight excluding hydrogens is 264 g/mol. The predicted molar refractivity (Wildman–Crippen MR) is 83.2 cm³/mol. The number of ether oxygens (including phenoxy) is 3. The number of methoxy groups -OCH3 is 1. The van der Waals surface area contributed by atoms with Crippen molar-refractivity contribution in [1.29, 1.82) is 0 Å². The molecule has 2 aliphatic carbocycles. The molecule has 1 spiro atoms. The Labute approximate surface area is 129 Å².